The molecule has 0 radical (unpaired) electrons. The Morgan fingerprint density at radius 1 is 1.15 bits per heavy atom. The molecule has 0 saturated heterocycles. The van der Waals surface area contributed by atoms with Crippen LogP contribution in [0.3, 0.4) is 0 Å². The van der Waals surface area contributed by atoms with E-state index in [2.05, 4.69) is 10.4 Å². The van der Waals surface area contributed by atoms with Gasteiger partial charge in [-0.3, -0.25) is 14.3 Å². The van der Waals surface area contributed by atoms with Gasteiger partial charge in [-0.05, 0) is 31.0 Å². The second-order valence-corrected chi connectivity index (χ2v) is 5.71. The number of anilines is 1. The molecule has 0 atom stereocenters. The van der Waals surface area contributed by atoms with Crippen molar-refractivity contribution in [1.82, 2.24) is 9.78 Å². The van der Waals surface area contributed by atoms with Crippen molar-refractivity contribution in [2.24, 2.45) is 5.73 Å². The Hall–Kier alpha value is -3.03. The molecule has 0 aliphatic carbocycles. The Balaban J connectivity index is 2.11. The molecular weight excluding hydrogens is 336 g/mol. The van der Waals surface area contributed by atoms with Crippen molar-refractivity contribution < 1.29 is 19.1 Å². The molecule has 140 valence electrons. The first-order valence-electron chi connectivity index (χ1n) is 8.55. The van der Waals surface area contributed by atoms with E-state index in [1.54, 1.807) is 18.2 Å². The van der Waals surface area contributed by atoms with Gasteiger partial charge < -0.3 is 20.5 Å². The molecule has 0 aliphatic heterocycles. The quantitative estimate of drug-likeness (QED) is 0.675. The number of ether oxygens (including phenoxy) is 2. The molecule has 2 amide bonds. The summed E-state index contributed by atoms with van der Waals surface area (Å²) in [4.78, 5) is 23.4. The maximum atomic E-state index is 12.5. The number of rotatable bonds is 10. The largest absolute Gasteiger partial charge is 0.490 e. The number of primary amides is 1. The number of carbonyl (C=O) groups is 2. The van der Waals surface area contributed by atoms with Gasteiger partial charge in [0.1, 0.15) is 6.54 Å². The summed E-state index contributed by atoms with van der Waals surface area (Å²) in [6.07, 6.45) is 4.72. The number of nitrogens with zero attached hydrogens (tertiary/aromatic N) is 2. The van der Waals surface area contributed by atoms with Gasteiger partial charge in [0, 0.05) is 11.8 Å². The lowest BCUT2D eigenvalue weighted by Crippen LogP contribution is -2.18. The number of hydrogen-bond acceptors (Lipinski definition) is 5. The summed E-state index contributed by atoms with van der Waals surface area (Å²) in [5.74, 6) is 0.335. The number of nitrogens with one attached hydrogen (secondary N) is 1. The summed E-state index contributed by atoms with van der Waals surface area (Å²) < 4.78 is 12.7. The molecule has 1 heterocycles. The van der Waals surface area contributed by atoms with E-state index < -0.39 is 5.91 Å². The van der Waals surface area contributed by atoms with Crippen LogP contribution in [0.25, 0.3) is 0 Å². The predicted molar refractivity (Wildman–Crippen MR) is 97.4 cm³/mol. The molecule has 26 heavy (non-hydrogen) atoms. The minimum absolute atomic E-state index is 0.0473. The summed E-state index contributed by atoms with van der Waals surface area (Å²) in [5.41, 5.74) is 6.02. The van der Waals surface area contributed by atoms with Crippen LogP contribution in [0.5, 0.6) is 11.5 Å². The van der Waals surface area contributed by atoms with Crippen molar-refractivity contribution >= 4 is 17.5 Å². The highest BCUT2D eigenvalue weighted by Crippen LogP contribution is 2.29. The lowest BCUT2D eigenvalue weighted by atomic mass is 10.2. The molecule has 3 N–H and O–H groups in total. The Labute approximate surface area is 152 Å². The van der Waals surface area contributed by atoms with Crippen LogP contribution in [0.1, 0.15) is 37.0 Å². The zero-order valence-electron chi connectivity index (χ0n) is 15.0. The summed E-state index contributed by atoms with van der Waals surface area (Å²) in [7, 11) is 0. The molecule has 8 heteroatoms. The number of benzene rings is 1. The van der Waals surface area contributed by atoms with Gasteiger partial charge in [0.2, 0.25) is 5.91 Å². The normalized spacial score (nSPS) is 10.4. The van der Waals surface area contributed by atoms with E-state index in [4.69, 9.17) is 15.2 Å². The van der Waals surface area contributed by atoms with Crippen LogP contribution in [-0.2, 0) is 11.3 Å². The van der Waals surface area contributed by atoms with Crippen molar-refractivity contribution in [3.63, 3.8) is 0 Å². The Morgan fingerprint density at radius 2 is 1.85 bits per heavy atom. The number of hydrogen-bond donors (Lipinski definition) is 2. The van der Waals surface area contributed by atoms with E-state index in [1.165, 1.54) is 17.1 Å². The summed E-state index contributed by atoms with van der Waals surface area (Å²) in [6.45, 7) is 5.09. The molecule has 0 saturated carbocycles. The minimum atomic E-state index is -0.508. The highest BCUT2D eigenvalue weighted by atomic mass is 16.5. The van der Waals surface area contributed by atoms with E-state index in [0.717, 1.165) is 12.8 Å². The van der Waals surface area contributed by atoms with Crippen LogP contribution < -0.4 is 20.5 Å². The van der Waals surface area contributed by atoms with Gasteiger partial charge in [0.15, 0.2) is 11.5 Å². The van der Waals surface area contributed by atoms with Gasteiger partial charge in [-0.1, -0.05) is 13.8 Å². The van der Waals surface area contributed by atoms with Crippen molar-refractivity contribution in [2.75, 3.05) is 18.5 Å². The molecule has 0 aliphatic rings. The summed E-state index contributed by atoms with van der Waals surface area (Å²) >= 11 is 0. The minimum Gasteiger partial charge on any atom is -0.490 e. The third kappa shape index (κ3) is 5.51. The van der Waals surface area contributed by atoms with Crippen LogP contribution >= 0.6 is 0 Å². The van der Waals surface area contributed by atoms with Gasteiger partial charge in [0.05, 0.1) is 25.1 Å². The van der Waals surface area contributed by atoms with Crippen molar-refractivity contribution in [3.05, 3.63) is 36.2 Å². The van der Waals surface area contributed by atoms with Gasteiger partial charge in [-0.25, -0.2) is 0 Å². The summed E-state index contributed by atoms with van der Waals surface area (Å²) in [5, 5.41) is 6.69. The molecule has 0 bridgehead atoms. The van der Waals surface area contributed by atoms with Gasteiger partial charge in [-0.2, -0.15) is 5.10 Å². The SMILES string of the molecule is CCCOc1ccc(C(=O)Nc2cnn(CC(N)=O)c2)cc1OCCC. The molecule has 0 unspecified atom stereocenters. The van der Waals surface area contributed by atoms with E-state index in [-0.39, 0.29) is 12.5 Å². The van der Waals surface area contributed by atoms with Crippen LogP contribution in [0.15, 0.2) is 30.6 Å². The number of carbonyl (C=O) groups excluding carboxylic acids is 2. The third-order valence-corrected chi connectivity index (χ3v) is 3.34. The fraction of sp³-hybridized carbons (Fsp3) is 0.389. The molecule has 2 rings (SSSR count). The number of aromatic nitrogens is 2. The standard InChI is InChI=1S/C18H24N4O4/c1-3-7-25-15-6-5-13(9-16(15)26-8-4-2)18(24)21-14-10-20-22(11-14)12-17(19)23/h5-6,9-11H,3-4,7-8,12H2,1-2H3,(H2,19,23)(H,21,24). The Morgan fingerprint density at radius 3 is 2.50 bits per heavy atom. The predicted octanol–water partition coefficient (Wildman–Crippen LogP) is 2.20. The molecule has 2 aromatic rings. The van der Waals surface area contributed by atoms with Crippen LogP contribution in [-0.4, -0.2) is 34.8 Å². The van der Waals surface area contributed by atoms with Crippen molar-refractivity contribution in [1.29, 1.82) is 0 Å². The van der Waals surface area contributed by atoms with E-state index in [1.807, 2.05) is 13.8 Å². The average Bonchev–Trinajstić information content (AvgIpc) is 3.04. The number of amides is 2. The molecule has 8 nitrogen and oxygen atoms in total. The Bertz CT molecular complexity index is 757. The topological polar surface area (TPSA) is 108 Å². The lowest BCUT2D eigenvalue weighted by Gasteiger charge is -2.13. The van der Waals surface area contributed by atoms with Gasteiger partial charge >= 0.3 is 0 Å². The first-order valence-corrected chi connectivity index (χ1v) is 8.55. The maximum Gasteiger partial charge on any atom is 0.255 e. The average molecular weight is 360 g/mol. The molecular formula is C18H24N4O4. The highest BCUT2D eigenvalue weighted by molar-refractivity contribution is 6.04. The zero-order valence-corrected chi connectivity index (χ0v) is 15.0. The van der Waals surface area contributed by atoms with E-state index in [9.17, 15) is 9.59 Å². The first kappa shape index (κ1) is 19.3. The second kappa shape index (κ2) is 9.45. The lowest BCUT2D eigenvalue weighted by molar-refractivity contribution is -0.118. The zero-order chi connectivity index (χ0) is 18.9. The van der Waals surface area contributed by atoms with E-state index >= 15 is 0 Å². The second-order valence-electron chi connectivity index (χ2n) is 5.71. The van der Waals surface area contributed by atoms with Crippen molar-refractivity contribution in [2.45, 2.75) is 33.2 Å². The van der Waals surface area contributed by atoms with Gasteiger partial charge in [0.25, 0.3) is 5.91 Å². The van der Waals surface area contributed by atoms with Crippen LogP contribution in [0.4, 0.5) is 5.69 Å². The monoisotopic (exact) mass is 360 g/mol. The van der Waals surface area contributed by atoms with Crippen LogP contribution in [0.2, 0.25) is 0 Å². The summed E-state index contributed by atoms with van der Waals surface area (Å²) in [6, 6.07) is 5.06. The van der Waals surface area contributed by atoms with Crippen LogP contribution in [0, 0.1) is 0 Å². The number of nitrogens with two attached hydrogens (primary N) is 1. The van der Waals surface area contributed by atoms with Gasteiger partial charge in [-0.15, -0.1) is 0 Å². The maximum absolute atomic E-state index is 12.5. The molecule has 0 fully saturated rings. The molecule has 1 aromatic carbocycles. The molecule has 1 aromatic heterocycles. The third-order valence-electron chi connectivity index (χ3n) is 3.34. The highest BCUT2D eigenvalue weighted by Gasteiger charge is 2.13. The Kier molecular flexibility index (Phi) is 7.02. The van der Waals surface area contributed by atoms with Crippen molar-refractivity contribution in [3.8, 4) is 11.5 Å². The fourth-order valence-electron chi connectivity index (χ4n) is 2.18. The smallest absolute Gasteiger partial charge is 0.255 e. The van der Waals surface area contributed by atoms with E-state index in [0.29, 0.717) is 36.0 Å². The fourth-order valence-corrected chi connectivity index (χ4v) is 2.18. The molecule has 0 spiro atoms. The first-order chi connectivity index (χ1) is 12.5.